The van der Waals surface area contributed by atoms with Crippen molar-refractivity contribution in [2.24, 2.45) is 5.73 Å². The maximum Gasteiger partial charge on any atom is 0.0740 e. The monoisotopic (exact) mass is 267 g/mol. The van der Waals surface area contributed by atoms with Gasteiger partial charge in [0.25, 0.3) is 0 Å². The van der Waals surface area contributed by atoms with Crippen molar-refractivity contribution in [3.8, 4) is 0 Å². The molecule has 4 nitrogen and oxygen atoms in total. The summed E-state index contributed by atoms with van der Waals surface area (Å²) in [5.74, 6) is 0. The number of hydrogen-bond acceptors (Lipinski definition) is 4. The van der Waals surface area contributed by atoms with Gasteiger partial charge in [0.1, 0.15) is 0 Å². The van der Waals surface area contributed by atoms with E-state index in [9.17, 15) is 0 Å². The Balaban J connectivity index is 2.56. The predicted molar refractivity (Wildman–Crippen MR) is 77.5 cm³/mol. The van der Waals surface area contributed by atoms with E-state index >= 15 is 0 Å². The number of nitrogens with two attached hydrogens (primary N) is 1. The summed E-state index contributed by atoms with van der Waals surface area (Å²) < 4.78 is 5.11. The van der Waals surface area contributed by atoms with Crippen LogP contribution in [0.25, 0.3) is 0 Å². The molecule has 0 spiro atoms. The summed E-state index contributed by atoms with van der Waals surface area (Å²) in [6.45, 7) is 5.19. The number of methoxy groups -OCH3 is 1. The minimum atomic E-state index is 0.551. The SMILES string of the molecule is COCCN(CCC(N)=S)Cc1cccc(C)n1. The quantitative estimate of drug-likeness (QED) is 0.724. The Hall–Kier alpha value is -1.04. The van der Waals surface area contributed by atoms with Gasteiger partial charge in [-0.15, -0.1) is 0 Å². The van der Waals surface area contributed by atoms with Crippen molar-refractivity contribution in [1.29, 1.82) is 0 Å². The minimum Gasteiger partial charge on any atom is -0.393 e. The first kappa shape index (κ1) is 15.0. The molecule has 5 heteroatoms. The van der Waals surface area contributed by atoms with E-state index in [0.717, 1.165) is 37.4 Å². The molecule has 0 aliphatic carbocycles. The van der Waals surface area contributed by atoms with E-state index < -0.39 is 0 Å². The van der Waals surface area contributed by atoms with Crippen LogP contribution in [0.1, 0.15) is 17.8 Å². The van der Waals surface area contributed by atoms with E-state index in [0.29, 0.717) is 11.6 Å². The Labute approximate surface area is 114 Å². The van der Waals surface area contributed by atoms with Crippen molar-refractivity contribution in [2.45, 2.75) is 19.9 Å². The number of aryl methyl sites for hydroxylation is 1. The number of rotatable bonds is 8. The number of ether oxygens (including phenoxy) is 1. The molecule has 0 amide bonds. The molecule has 2 N–H and O–H groups in total. The first-order valence-electron chi connectivity index (χ1n) is 6.04. The number of thiocarbonyl (C=S) groups is 1. The van der Waals surface area contributed by atoms with Crippen molar-refractivity contribution >= 4 is 17.2 Å². The second-order valence-electron chi connectivity index (χ2n) is 4.26. The summed E-state index contributed by atoms with van der Waals surface area (Å²) in [6, 6.07) is 6.06. The molecule has 0 saturated carbocycles. The van der Waals surface area contributed by atoms with Gasteiger partial charge in [-0.3, -0.25) is 9.88 Å². The second-order valence-corrected chi connectivity index (χ2v) is 4.78. The van der Waals surface area contributed by atoms with Crippen LogP contribution in [0.5, 0.6) is 0 Å². The van der Waals surface area contributed by atoms with Crippen molar-refractivity contribution in [1.82, 2.24) is 9.88 Å². The van der Waals surface area contributed by atoms with Crippen LogP contribution in [0, 0.1) is 6.92 Å². The fraction of sp³-hybridized carbons (Fsp3) is 0.538. The summed E-state index contributed by atoms with van der Waals surface area (Å²) in [7, 11) is 1.71. The highest BCUT2D eigenvalue weighted by atomic mass is 32.1. The fourth-order valence-electron chi connectivity index (χ4n) is 1.68. The van der Waals surface area contributed by atoms with Gasteiger partial charge < -0.3 is 10.5 Å². The molecular formula is C13H21N3OS. The lowest BCUT2D eigenvalue weighted by Crippen LogP contribution is -2.30. The van der Waals surface area contributed by atoms with Gasteiger partial charge in [0, 0.05) is 38.9 Å². The number of hydrogen-bond donors (Lipinski definition) is 1. The average molecular weight is 267 g/mol. The molecule has 1 aromatic heterocycles. The molecule has 0 unspecified atom stereocenters. The van der Waals surface area contributed by atoms with Crippen molar-refractivity contribution in [3.05, 3.63) is 29.6 Å². The maximum atomic E-state index is 5.54. The third-order valence-corrected chi connectivity index (χ3v) is 2.82. The third kappa shape index (κ3) is 6.05. The highest BCUT2D eigenvalue weighted by molar-refractivity contribution is 7.80. The Morgan fingerprint density at radius 2 is 2.22 bits per heavy atom. The standard InChI is InChI=1S/C13H21N3OS/c1-11-4-3-5-12(15-11)10-16(8-9-17-2)7-6-13(14)18/h3-5H,6-10H2,1-2H3,(H2,14,18). The highest BCUT2D eigenvalue weighted by Crippen LogP contribution is 2.04. The lowest BCUT2D eigenvalue weighted by molar-refractivity contribution is 0.145. The number of aromatic nitrogens is 1. The van der Waals surface area contributed by atoms with E-state index in [1.165, 1.54) is 0 Å². The van der Waals surface area contributed by atoms with Crippen LogP contribution in [0.15, 0.2) is 18.2 Å². The van der Waals surface area contributed by atoms with E-state index in [4.69, 9.17) is 22.7 Å². The van der Waals surface area contributed by atoms with Crippen LogP contribution in [0.3, 0.4) is 0 Å². The van der Waals surface area contributed by atoms with Crippen LogP contribution in [-0.4, -0.2) is 41.7 Å². The van der Waals surface area contributed by atoms with Crippen LogP contribution in [-0.2, 0) is 11.3 Å². The third-order valence-electron chi connectivity index (χ3n) is 2.62. The molecule has 0 aliphatic rings. The summed E-state index contributed by atoms with van der Waals surface area (Å²) in [5, 5.41) is 0. The zero-order chi connectivity index (χ0) is 13.4. The van der Waals surface area contributed by atoms with Gasteiger partial charge in [-0.2, -0.15) is 0 Å². The smallest absolute Gasteiger partial charge is 0.0740 e. The molecular weight excluding hydrogens is 246 g/mol. The van der Waals surface area contributed by atoms with Crippen LogP contribution < -0.4 is 5.73 Å². The van der Waals surface area contributed by atoms with Crippen LogP contribution >= 0.6 is 12.2 Å². The molecule has 0 aromatic carbocycles. The summed E-state index contributed by atoms with van der Waals surface area (Å²) >= 11 is 4.92. The molecule has 0 aliphatic heterocycles. The normalized spacial score (nSPS) is 10.8. The van der Waals surface area contributed by atoms with E-state index in [1.54, 1.807) is 7.11 Å². The van der Waals surface area contributed by atoms with Gasteiger partial charge in [0.15, 0.2) is 0 Å². The molecule has 0 atom stereocenters. The minimum absolute atomic E-state index is 0.551. The molecule has 1 rings (SSSR count). The van der Waals surface area contributed by atoms with Gasteiger partial charge in [0.05, 0.1) is 17.3 Å². The van der Waals surface area contributed by atoms with Gasteiger partial charge in [-0.25, -0.2) is 0 Å². The zero-order valence-electron chi connectivity index (χ0n) is 11.1. The second kappa shape index (κ2) is 8.13. The lowest BCUT2D eigenvalue weighted by Gasteiger charge is -2.21. The van der Waals surface area contributed by atoms with Gasteiger partial charge in [-0.1, -0.05) is 18.3 Å². The number of nitrogens with zero attached hydrogens (tertiary/aromatic N) is 2. The molecule has 0 fully saturated rings. The van der Waals surface area contributed by atoms with E-state index in [2.05, 4.69) is 9.88 Å². The number of pyridine rings is 1. The lowest BCUT2D eigenvalue weighted by atomic mass is 10.3. The largest absolute Gasteiger partial charge is 0.393 e. The molecule has 0 radical (unpaired) electrons. The first-order valence-corrected chi connectivity index (χ1v) is 6.44. The van der Waals surface area contributed by atoms with E-state index in [1.807, 2.05) is 25.1 Å². The Kier molecular flexibility index (Phi) is 6.78. The molecule has 1 aromatic rings. The topological polar surface area (TPSA) is 51.4 Å². The first-order chi connectivity index (χ1) is 8.61. The van der Waals surface area contributed by atoms with Gasteiger partial charge >= 0.3 is 0 Å². The Morgan fingerprint density at radius 3 is 2.83 bits per heavy atom. The van der Waals surface area contributed by atoms with Crippen molar-refractivity contribution in [2.75, 3.05) is 26.8 Å². The summed E-state index contributed by atoms with van der Waals surface area (Å²) in [5.41, 5.74) is 7.64. The maximum absolute atomic E-state index is 5.54. The van der Waals surface area contributed by atoms with E-state index in [-0.39, 0.29) is 0 Å². The predicted octanol–water partition coefficient (Wildman–Crippen LogP) is 1.51. The van der Waals surface area contributed by atoms with Crippen molar-refractivity contribution < 1.29 is 4.74 Å². The summed E-state index contributed by atoms with van der Waals surface area (Å²) in [6.07, 6.45) is 0.727. The molecule has 100 valence electrons. The molecule has 0 bridgehead atoms. The van der Waals surface area contributed by atoms with Gasteiger partial charge in [0.2, 0.25) is 0 Å². The van der Waals surface area contributed by atoms with Crippen LogP contribution in [0.4, 0.5) is 0 Å². The molecule has 0 saturated heterocycles. The zero-order valence-corrected chi connectivity index (χ0v) is 11.9. The average Bonchev–Trinajstić information content (AvgIpc) is 2.32. The fourth-order valence-corrected chi connectivity index (χ4v) is 1.77. The highest BCUT2D eigenvalue weighted by Gasteiger charge is 2.07. The van der Waals surface area contributed by atoms with Crippen molar-refractivity contribution in [3.63, 3.8) is 0 Å². The van der Waals surface area contributed by atoms with Gasteiger partial charge in [-0.05, 0) is 19.1 Å². The summed E-state index contributed by atoms with van der Waals surface area (Å²) in [4.78, 5) is 7.31. The van der Waals surface area contributed by atoms with Crippen LogP contribution in [0.2, 0.25) is 0 Å². The molecule has 18 heavy (non-hydrogen) atoms. The molecule has 1 heterocycles. The Bertz CT molecular complexity index is 384. The Morgan fingerprint density at radius 1 is 1.44 bits per heavy atom.